The highest BCUT2D eigenvalue weighted by Crippen LogP contribution is 2.65. The van der Waals surface area contributed by atoms with Crippen molar-refractivity contribution in [3.63, 3.8) is 0 Å². The summed E-state index contributed by atoms with van der Waals surface area (Å²) in [5.41, 5.74) is -3.75. The van der Waals surface area contributed by atoms with Crippen LogP contribution in [0, 0.1) is 28.1 Å². The quantitative estimate of drug-likeness (QED) is 0.353. The van der Waals surface area contributed by atoms with Crippen LogP contribution in [0.4, 0.5) is 0 Å². The van der Waals surface area contributed by atoms with E-state index in [1.165, 1.54) is 6.07 Å². The summed E-state index contributed by atoms with van der Waals surface area (Å²) in [6.45, 7) is 14.8. The van der Waals surface area contributed by atoms with E-state index < -0.39 is 51.0 Å². The monoisotopic (exact) mass is 538 g/mol. The standard InChI is InChI=1S/C32H42O7/c1-16(2)23-25(35)21(17(3)33)27(37)32(39)28(38)24-26(36)22-19(14-30(24,7)15-31(23,32)8)18(11-12-20(22)34)10-9-13-29(4,5)6/h11-12,16,23,34-35,38-39H,9-10,13-15H2,1-8H3/t23?,30-,31-,32+/m1/s1. The van der Waals surface area contributed by atoms with Crippen molar-refractivity contribution in [2.24, 2.45) is 28.1 Å². The van der Waals surface area contributed by atoms with Gasteiger partial charge in [0.1, 0.15) is 22.8 Å². The Balaban J connectivity index is 1.95. The second-order valence-electron chi connectivity index (χ2n) is 14.0. The van der Waals surface area contributed by atoms with Crippen molar-refractivity contribution in [2.75, 3.05) is 0 Å². The summed E-state index contributed by atoms with van der Waals surface area (Å²) in [6.07, 6.45) is 3.00. The number of carbonyl (C=O) groups is 3. The molecular weight excluding hydrogens is 496 g/mol. The van der Waals surface area contributed by atoms with E-state index in [4.69, 9.17) is 0 Å². The molecule has 3 aliphatic carbocycles. The molecule has 0 saturated heterocycles. The zero-order chi connectivity index (χ0) is 29.5. The molecule has 1 unspecified atom stereocenters. The number of aromatic hydroxyl groups is 1. The third-order valence-electron chi connectivity index (χ3n) is 9.36. The number of rotatable bonds is 5. The molecule has 0 heterocycles. The topological polar surface area (TPSA) is 132 Å². The summed E-state index contributed by atoms with van der Waals surface area (Å²) < 4.78 is 0. The largest absolute Gasteiger partial charge is 0.511 e. The van der Waals surface area contributed by atoms with Crippen molar-refractivity contribution in [1.82, 2.24) is 0 Å². The number of fused-ring (bicyclic) bond motifs is 3. The highest BCUT2D eigenvalue weighted by Gasteiger charge is 2.71. The van der Waals surface area contributed by atoms with Crippen LogP contribution in [0.5, 0.6) is 5.75 Å². The number of carbonyl (C=O) groups excluding carboxylic acids is 3. The van der Waals surface area contributed by atoms with E-state index in [2.05, 4.69) is 20.8 Å². The predicted molar refractivity (Wildman–Crippen MR) is 148 cm³/mol. The third-order valence-corrected chi connectivity index (χ3v) is 9.36. The van der Waals surface area contributed by atoms with Crippen LogP contribution in [0.1, 0.15) is 96.1 Å². The number of aryl methyl sites for hydroxylation is 1. The molecular formula is C32H42O7. The predicted octanol–water partition coefficient (Wildman–Crippen LogP) is 5.72. The van der Waals surface area contributed by atoms with Gasteiger partial charge in [-0.25, -0.2) is 0 Å². The fourth-order valence-electron chi connectivity index (χ4n) is 7.84. The third kappa shape index (κ3) is 4.07. The van der Waals surface area contributed by atoms with Crippen molar-refractivity contribution in [3.8, 4) is 5.75 Å². The molecule has 0 amide bonds. The number of aliphatic hydroxyl groups is 3. The SMILES string of the molecule is CC(=O)C1=C(O)C(C(C)C)[C@@]2(C)C[C@@]3(C)Cc4c(CCCC(C)(C)C)ccc(O)c4C(=O)C3=C(O)[C@@]2(O)C1=O. The Hall–Kier alpha value is -2.93. The van der Waals surface area contributed by atoms with Crippen molar-refractivity contribution in [3.05, 3.63) is 51.5 Å². The molecule has 4 N–H and O–H groups in total. The summed E-state index contributed by atoms with van der Waals surface area (Å²) in [7, 11) is 0. The molecule has 0 spiro atoms. The van der Waals surface area contributed by atoms with Gasteiger partial charge in [-0.3, -0.25) is 14.4 Å². The Bertz CT molecular complexity index is 1340. The number of benzene rings is 1. The normalized spacial score (nSPS) is 30.9. The lowest BCUT2D eigenvalue weighted by Gasteiger charge is -2.59. The van der Waals surface area contributed by atoms with Gasteiger partial charge >= 0.3 is 0 Å². The Morgan fingerprint density at radius 2 is 1.72 bits per heavy atom. The van der Waals surface area contributed by atoms with Gasteiger partial charge < -0.3 is 20.4 Å². The summed E-state index contributed by atoms with van der Waals surface area (Å²) >= 11 is 0. The van der Waals surface area contributed by atoms with Crippen LogP contribution in [0.25, 0.3) is 0 Å². The molecule has 4 atom stereocenters. The number of Topliss-reactive ketones (excluding diaryl/α,β-unsaturated/α-hetero) is 3. The van der Waals surface area contributed by atoms with Gasteiger partial charge in [0.2, 0.25) is 5.78 Å². The van der Waals surface area contributed by atoms with Crippen molar-refractivity contribution in [2.45, 2.75) is 93.1 Å². The van der Waals surface area contributed by atoms with Gasteiger partial charge in [0.05, 0.1) is 5.56 Å². The van der Waals surface area contributed by atoms with E-state index >= 15 is 0 Å². The number of aliphatic hydroxyl groups excluding tert-OH is 2. The van der Waals surface area contributed by atoms with Gasteiger partial charge in [0.15, 0.2) is 17.2 Å². The first-order valence-corrected chi connectivity index (χ1v) is 13.9. The lowest BCUT2D eigenvalue weighted by Crippen LogP contribution is -2.67. The highest BCUT2D eigenvalue weighted by atomic mass is 16.3. The molecule has 0 radical (unpaired) electrons. The minimum Gasteiger partial charge on any atom is -0.511 e. The number of hydrogen-bond donors (Lipinski definition) is 4. The summed E-state index contributed by atoms with van der Waals surface area (Å²) in [6, 6.07) is 3.33. The van der Waals surface area contributed by atoms with E-state index in [0.717, 1.165) is 30.9 Å². The second-order valence-corrected chi connectivity index (χ2v) is 14.0. The number of ketones is 3. The zero-order valence-corrected chi connectivity index (χ0v) is 24.4. The molecule has 39 heavy (non-hydrogen) atoms. The Kier molecular flexibility index (Phi) is 6.74. The molecule has 1 aromatic carbocycles. The second kappa shape index (κ2) is 9.05. The molecule has 0 saturated carbocycles. The number of phenols is 1. The van der Waals surface area contributed by atoms with Crippen LogP contribution in [0.2, 0.25) is 0 Å². The van der Waals surface area contributed by atoms with Crippen LogP contribution in [-0.2, 0) is 22.4 Å². The zero-order valence-electron chi connectivity index (χ0n) is 24.4. The van der Waals surface area contributed by atoms with Gasteiger partial charge in [0, 0.05) is 22.3 Å². The molecule has 1 aromatic rings. The van der Waals surface area contributed by atoms with Crippen molar-refractivity contribution >= 4 is 17.3 Å². The van der Waals surface area contributed by atoms with E-state index in [0.29, 0.717) is 12.8 Å². The fraction of sp³-hybridized carbons (Fsp3) is 0.594. The first-order valence-electron chi connectivity index (χ1n) is 13.9. The van der Waals surface area contributed by atoms with E-state index in [9.17, 15) is 34.8 Å². The summed E-state index contributed by atoms with van der Waals surface area (Å²) in [5.74, 6) is -4.95. The molecule has 0 aromatic heterocycles. The number of phenolic OH excluding ortho intramolecular Hbond substituents is 1. The molecule has 0 bridgehead atoms. The first-order chi connectivity index (χ1) is 17.8. The smallest absolute Gasteiger partial charge is 0.209 e. The van der Waals surface area contributed by atoms with Crippen molar-refractivity contribution in [1.29, 1.82) is 0 Å². The fourth-order valence-corrected chi connectivity index (χ4v) is 7.84. The maximum atomic E-state index is 14.1. The van der Waals surface area contributed by atoms with Gasteiger partial charge in [-0.15, -0.1) is 0 Å². The number of hydrogen-bond acceptors (Lipinski definition) is 7. The first kappa shape index (κ1) is 29.1. The maximum Gasteiger partial charge on any atom is 0.209 e. The highest BCUT2D eigenvalue weighted by molar-refractivity contribution is 6.25. The Morgan fingerprint density at radius 1 is 1.10 bits per heavy atom. The maximum absolute atomic E-state index is 14.1. The van der Waals surface area contributed by atoms with Gasteiger partial charge in [-0.2, -0.15) is 0 Å². The van der Waals surface area contributed by atoms with Crippen LogP contribution in [-0.4, -0.2) is 43.4 Å². The summed E-state index contributed by atoms with van der Waals surface area (Å²) in [5, 5.41) is 45.8. The molecule has 0 fully saturated rings. The lowest BCUT2D eigenvalue weighted by atomic mass is 9.44. The Morgan fingerprint density at radius 3 is 2.26 bits per heavy atom. The molecule has 0 aliphatic heterocycles. The van der Waals surface area contributed by atoms with Gasteiger partial charge in [-0.05, 0) is 67.6 Å². The lowest BCUT2D eigenvalue weighted by molar-refractivity contribution is -0.171. The van der Waals surface area contributed by atoms with Gasteiger partial charge in [-0.1, -0.05) is 54.5 Å². The molecule has 212 valence electrons. The average molecular weight is 539 g/mol. The molecule has 7 heteroatoms. The summed E-state index contributed by atoms with van der Waals surface area (Å²) in [4.78, 5) is 40.3. The molecule has 7 nitrogen and oxygen atoms in total. The van der Waals surface area contributed by atoms with Crippen LogP contribution < -0.4 is 0 Å². The molecule has 4 rings (SSSR count). The minimum atomic E-state index is -2.59. The van der Waals surface area contributed by atoms with Crippen LogP contribution in [0.3, 0.4) is 0 Å². The molecule has 3 aliphatic rings. The van der Waals surface area contributed by atoms with E-state index in [1.54, 1.807) is 6.92 Å². The minimum absolute atomic E-state index is 0.0864. The van der Waals surface area contributed by atoms with Gasteiger partial charge in [0.25, 0.3) is 0 Å². The van der Waals surface area contributed by atoms with E-state index in [-0.39, 0.29) is 40.4 Å². The van der Waals surface area contributed by atoms with Crippen molar-refractivity contribution < 1.29 is 34.8 Å². The number of allylic oxidation sites excluding steroid dienone is 2. The average Bonchev–Trinajstić information content (AvgIpc) is 2.76. The van der Waals surface area contributed by atoms with E-state index in [1.807, 2.05) is 26.8 Å². The van der Waals surface area contributed by atoms with Crippen LogP contribution >= 0.6 is 0 Å². The van der Waals surface area contributed by atoms with Crippen LogP contribution in [0.15, 0.2) is 34.8 Å². The Labute approximate surface area is 230 Å².